The van der Waals surface area contributed by atoms with Crippen molar-refractivity contribution in [1.82, 2.24) is 19.9 Å². The third-order valence-electron chi connectivity index (χ3n) is 5.61. The molecule has 3 aromatic rings. The third kappa shape index (κ3) is 5.22. The number of carbonyl (C=O) groups is 1. The summed E-state index contributed by atoms with van der Waals surface area (Å²) >= 11 is 0. The number of carbonyl (C=O) groups excluding carboxylic acids is 1. The van der Waals surface area contributed by atoms with Crippen molar-refractivity contribution in [2.75, 3.05) is 19.0 Å². The zero-order valence-electron chi connectivity index (χ0n) is 19.4. The number of methoxy groups -OCH3 is 1. The van der Waals surface area contributed by atoms with Crippen molar-refractivity contribution < 1.29 is 14.3 Å². The molecule has 2 aromatic heterocycles. The van der Waals surface area contributed by atoms with Gasteiger partial charge in [-0.05, 0) is 70.0 Å². The lowest BCUT2D eigenvalue weighted by molar-refractivity contribution is -0.146. The summed E-state index contributed by atoms with van der Waals surface area (Å²) in [6.07, 6.45) is 6.70. The van der Waals surface area contributed by atoms with Crippen molar-refractivity contribution in [2.24, 2.45) is 0 Å². The lowest BCUT2D eigenvalue weighted by Gasteiger charge is -2.33. The largest absolute Gasteiger partial charge is 0.497 e. The zero-order valence-corrected chi connectivity index (χ0v) is 19.4. The molecule has 1 atom stereocenters. The van der Waals surface area contributed by atoms with Gasteiger partial charge in [-0.25, -0.2) is 4.98 Å². The van der Waals surface area contributed by atoms with E-state index < -0.39 is 5.60 Å². The van der Waals surface area contributed by atoms with Crippen LogP contribution in [0.3, 0.4) is 0 Å². The second-order valence-corrected chi connectivity index (χ2v) is 8.58. The third-order valence-corrected chi connectivity index (χ3v) is 5.61. The topological polar surface area (TPSA) is 89.5 Å². The Morgan fingerprint density at radius 3 is 2.61 bits per heavy atom. The number of anilines is 2. The molecular formula is C25H29N5O3. The Bertz CT molecular complexity index is 1100. The average Bonchev–Trinajstić information content (AvgIpc) is 3.29. The van der Waals surface area contributed by atoms with E-state index in [1.807, 2.05) is 48.2 Å². The van der Waals surface area contributed by atoms with E-state index in [0.717, 1.165) is 35.7 Å². The average molecular weight is 448 g/mol. The second-order valence-electron chi connectivity index (χ2n) is 8.58. The highest BCUT2D eigenvalue weighted by Gasteiger charge is 2.40. The van der Waals surface area contributed by atoms with Gasteiger partial charge in [0.05, 0.1) is 25.0 Å². The Balaban J connectivity index is 1.53. The summed E-state index contributed by atoms with van der Waals surface area (Å²) in [7, 11) is 1.62. The van der Waals surface area contributed by atoms with Crippen LogP contribution in [0.25, 0.3) is 0 Å². The number of hydrogen-bond acceptors (Lipinski definition) is 7. The molecule has 1 unspecified atom stereocenters. The van der Waals surface area contributed by atoms with Crippen LogP contribution in [-0.4, -0.2) is 45.0 Å². The highest BCUT2D eigenvalue weighted by atomic mass is 16.5. The predicted molar refractivity (Wildman–Crippen MR) is 126 cm³/mol. The Hall–Kier alpha value is -3.68. The van der Waals surface area contributed by atoms with Crippen LogP contribution in [-0.2, 0) is 4.79 Å². The molecule has 1 aromatic carbocycles. The number of pyridine rings is 1. The quantitative estimate of drug-likeness (QED) is 0.572. The van der Waals surface area contributed by atoms with Gasteiger partial charge in [-0.3, -0.25) is 14.8 Å². The summed E-state index contributed by atoms with van der Waals surface area (Å²) in [6.45, 7) is 6.23. The molecule has 1 aliphatic heterocycles. The summed E-state index contributed by atoms with van der Waals surface area (Å²) in [5.41, 5.74) is 1.56. The number of hydrogen-bond donors (Lipinski definition) is 1. The predicted octanol–water partition coefficient (Wildman–Crippen LogP) is 4.45. The lowest BCUT2D eigenvalue weighted by Crippen LogP contribution is -2.48. The first-order valence-electron chi connectivity index (χ1n) is 11.0. The zero-order chi connectivity index (χ0) is 23.4. The van der Waals surface area contributed by atoms with Crippen molar-refractivity contribution in [3.05, 3.63) is 66.4 Å². The minimum Gasteiger partial charge on any atom is -0.497 e. The van der Waals surface area contributed by atoms with Crippen LogP contribution >= 0.6 is 0 Å². The van der Waals surface area contributed by atoms with E-state index in [-0.39, 0.29) is 11.9 Å². The number of benzene rings is 1. The maximum absolute atomic E-state index is 13.6. The van der Waals surface area contributed by atoms with Gasteiger partial charge in [0, 0.05) is 30.3 Å². The van der Waals surface area contributed by atoms with Crippen LogP contribution in [0.15, 0.2) is 55.0 Å². The van der Waals surface area contributed by atoms with E-state index in [1.54, 1.807) is 39.5 Å². The molecule has 3 heterocycles. The molecule has 0 spiro atoms. The minimum absolute atomic E-state index is 0.0624. The van der Waals surface area contributed by atoms with Crippen molar-refractivity contribution >= 4 is 17.4 Å². The fourth-order valence-corrected chi connectivity index (χ4v) is 4.09. The number of nitrogens with zero attached hydrogens (tertiary/aromatic N) is 4. The summed E-state index contributed by atoms with van der Waals surface area (Å²) in [5, 5.41) is 3.27. The molecule has 33 heavy (non-hydrogen) atoms. The monoisotopic (exact) mass is 447 g/mol. The van der Waals surface area contributed by atoms with Crippen LogP contribution in [0.1, 0.15) is 44.1 Å². The highest BCUT2D eigenvalue weighted by Crippen LogP contribution is 2.35. The minimum atomic E-state index is -1.03. The first-order chi connectivity index (χ1) is 15.9. The fraction of sp³-hybridized carbons (Fsp3) is 0.360. The van der Waals surface area contributed by atoms with Crippen molar-refractivity contribution in [3.8, 4) is 11.5 Å². The van der Waals surface area contributed by atoms with Crippen molar-refractivity contribution in [1.29, 1.82) is 0 Å². The summed E-state index contributed by atoms with van der Waals surface area (Å²) in [6, 6.07) is 11.1. The number of aromatic nitrogens is 3. The molecule has 1 saturated heterocycles. The van der Waals surface area contributed by atoms with Gasteiger partial charge >= 0.3 is 0 Å². The molecule has 0 saturated carbocycles. The smallest absolute Gasteiger partial charge is 0.266 e. The molecule has 172 valence electrons. The number of nitrogens with one attached hydrogen (secondary N) is 1. The molecule has 1 N–H and O–H groups in total. The molecule has 0 bridgehead atoms. The Morgan fingerprint density at radius 1 is 1.15 bits per heavy atom. The normalized spacial score (nSPS) is 15.9. The van der Waals surface area contributed by atoms with Crippen LogP contribution < -0.4 is 14.8 Å². The highest BCUT2D eigenvalue weighted by molar-refractivity contribution is 5.85. The Morgan fingerprint density at radius 2 is 1.91 bits per heavy atom. The number of ether oxygens (including phenoxy) is 2. The first kappa shape index (κ1) is 22.5. The number of rotatable bonds is 7. The lowest BCUT2D eigenvalue weighted by atomic mass is 10.0. The summed E-state index contributed by atoms with van der Waals surface area (Å²) in [4.78, 5) is 28.6. The molecule has 8 nitrogen and oxygen atoms in total. The van der Waals surface area contributed by atoms with Gasteiger partial charge in [-0.1, -0.05) is 0 Å². The van der Waals surface area contributed by atoms with Crippen LogP contribution in [0, 0.1) is 6.92 Å². The van der Waals surface area contributed by atoms with Crippen molar-refractivity contribution in [2.45, 2.75) is 45.3 Å². The van der Waals surface area contributed by atoms with Crippen LogP contribution in [0.5, 0.6) is 11.5 Å². The molecule has 8 heteroatoms. The van der Waals surface area contributed by atoms with E-state index in [4.69, 9.17) is 14.5 Å². The van der Waals surface area contributed by atoms with Gasteiger partial charge in [0.1, 0.15) is 17.3 Å². The maximum atomic E-state index is 13.6. The summed E-state index contributed by atoms with van der Waals surface area (Å²) in [5.74, 6) is 1.95. The molecular weight excluding hydrogens is 418 g/mol. The van der Waals surface area contributed by atoms with Crippen LogP contribution in [0.2, 0.25) is 0 Å². The standard InChI is InChI=1S/C25H29N5O3/c1-17-14-18(29-23-16-26-11-12-27-23)15-21(28-17)22-6-5-13-30(22)24(31)25(2,3)33-20-9-7-19(32-4)8-10-20/h7-12,14-16,22H,5-6,13H2,1-4H3,(H,27,28,29). The Labute approximate surface area is 194 Å². The van der Waals surface area contributed by atoms with Gasteiger partial charge in [0.25, 0.3) is 5.91 Å². The maximum Gasteiger partial charge on any atom is 0.266 e. The van der Waals surface area contributed by atoms with E-state index in [1.165, 1.54) is 0 Å². The first-order valence-corrected chi connectivity index (χ1v) is 11.0. The van der Waals surface area contributed by atoms with Crippen molar-refractivity contribution in [3.63, 3.8) is 0 Å². The molecule has 0 aliphatic carbocycles. The van der Waals surface area contributed by atoms with E-state index in [2.05, 4.69) is 15.3 Å². The SMILES string of the molecule is COc1ccc(OC(C)(C)C(=O)N2CCCC2c2cc(Nc3cnccn3)cc(C)n2)cc1. The molecule has 0 radical (unpaired) electrons. The molecule has 1 amide bonds. The van der Waals surface area contributed by atoms with E-state index in [0.29, 0.717) is 18.1 Å². The summed E-state index contributed by atoms with van der Waals surface area (Å²) < 4.78 is 11.3. The molecule has 4 rings (SSSR count). The number of likely N-dealkylation sites (tertiary alicyclic amines) is 1. The molecule has 1 aliphatic rings. The van der Waals surface area contributed by atoms with Gasteiger partial charge in [0.15, 0.2) is 5.60 Å². The van der Waals surface area contributed by atoms with Gasteiger partial charge in [-0.2, -0.15) is 0 Å². The fourth-order valence-electron chi connectivity index (χ4n) is 4.09. The molecule has 1 fully saturated rings. The van der Waals surface area contributed by atoms with Gasteiger partial charge in [0.2, 0.25) is 0 Å². The second kappa shape index (κ2) is 9.44. The van der Waals surface area contributed by atoms with Gasteiger partial charge in [-0.15, -0.1) is 0 Å². The van der Waals surface area contributed by atoms with Gasteiger partial charge < -0.3 is 19.7 Å². The number of amides is 1. The number of aryl methyl sites for hydroxylation is 1. The Kier molecular flexibility index (Phi) is 6.44. The van der Waals surface area contributed by atoms with Crippen LogP contribution in [0.4, 0.5) is 11.5 Å². The van der Waals surface area contributed by atoms with E-state index >= 15 is 0 Å². The van der Waals surface area contributed by atoms with E-state index in [9.17, 15) is 4.79 Å².